The maximum Gasteiger partial charge on any atom is 0.340 e. The molecule has 0 atom stereocenters. The molecule has 0 spiro atoms. The molecule has 3 rings (SSSR count). The van der Waals surface area contributed by atoms with Crippen molar-refractivity contribution in [2.75, 3.05) is 26.2 Å². The third kappa shape index (κ3) is 3.67. The van der Waals surface area contributed by atoms with Gasteiger partial charge in [-0.25, -0.2) is 4.79 Å². The number of hydrogen-bond donors (Lipinski definition) is 1. The summed E-state index contributed by atoms with van der Waals surface area (Å²) in [6.45, 7) is 1.69. The van der Waals surface area contributed by atoms with Gasteiger partial charge in [-0.2, -0.15) is 0 Å². The Kier molecular flexibility index (Phi) is 5.59. The third-order valence-electron chi connectivity index (χ3n) is 4.63. The highest BCUT2D eigenvalue weighted by Crippen LogP contribution is 2.36. The second kappa shape index (κ2) is 8.10. The molecule has 0 saturated carbocycles. The van der Waals surface area contributed by atoms with E-state index in [9.17, 15) is 14.7 Å². The van der Waals surface area contributed by atoms with E-state index in [2.05, 4.69) is 0 Å². The molecule has 2 aromatic carbocycles. The summed E-state index contributed by atoms with van der Waals surface area (Å²) in [5.74, 6) is -0.0737. The van der Waals surface area contributed by atoms with Crippen molar-refractivity contribution in [3.05, 3.63) is 64.9 Å². The molecule has 0 saturated heterocycles. The van der Waals surface area contributed by atoms with E-state index in [-0.39, 0.29) is 28.6 Å². The number of allylic oxidation sites excluding steroid dienone is 1. The minimum absolute atomic E-state index is 0.0211. The third-order valence-corrected chi connectivity index (χ3v) is 4.63. The number of carbonyl (C=O) groups excluding carboxylic acids is 2. The summed E-state index contributed by atoms with van der Waals surface area (Å²) < 4.78 is 15.2. The summed E-state index contributed by atoms with van der Waals surface area (Å²) in [5.41, 5.74) is 2.03. The van der Waals surface area contributed by atoms with Crippen molar-refractivity contribution in [3.8, 4) is 17.2 Å². The molecule has 7 nitrogen and oxygen atoms in total. The van der Waals surface area contributed by atoms with Gasteiger partial charge in [-0.3, -0.25) is 9.69 Å². The largest absolute Gasteiger partial charge is 0.504 e. The topological polar surface area (TPSA) is 85.3 Å². The first-order chi connectivity index (χ1) is 13.9. The summed E-state index contributed by atoms with van der Waals surface area (Å²) in [5, 5.41) is 9.79. The van der Waals surface area contributed by atoms with Gasteiger partial charge in [0.15, 0.2) is 11.5 Å². The summed E-state index contributed by atoms with van der Waals surface area (Å²) in [7, 11) is 4.26. The fraction of sp³-hybridized carbons (Fsp3) is 0.182. The highest BCUT2D eigenvalue weighted by atomic mass is 16.5. The number of amides is 1. The highest BCUT2D eigenvalue weighted by Gasteiger charge is 2.37. The van der Waals surface area contributed by atoms with E-state index in [1.54, 1.807) is 56.5 Å². The number of methoxy groups -OCH3 is 3. The SMILES string of the molecule is COC(=O)C1=C(C)N(c2ccc(OC)cc2)C(=O)C1=Cc1ccc(O)c(OC)c1. The first-order valence-electron chi connectivity index (χ1n) is 8.78. The monoisotopic (exact) mass is 395 g/mol. The minimum atomic E-state index is -0.608. The van der Waals surface area contributed by atoms with Crippen LogP contribution in [-0.4, -0.2) is 38.3 Å². The molecular weight excluding hydrogens is 374 g/mol. The van der Waals surface area contributed by atoms with E-state index < -0.39 is 5.97 Å². The standard InChI is InChI=1S/C22H21NO6/c1-13-20(22(26)29-4)17(11-14-5-10-18(24)19(12-14)28-3)21(25)23(13)15-6-8-16(27-2)9-7-15/h5-12,24H,1-4H3. The summed E-state index contributed by atoms with van der Waals surface area (Å²) in [6, 6.07) is 11.6. The van der Waals surface area contributed by atoms with Crippen molar-refractivity contribution in [2.24, 2.45) is 0 Å². The van der Waals surface area contributed by atoms with Crippen molar-refractivity contribution in [1.82, 2.24) is 0 Å². The first kappa shape index (κ1) is 20.0. The quantitative estimate of drug-likeness (QED) is 0.618. The number of benzene rings is 2. The molecule has 0 aromatic heterocycles. The number of esters is 1. The molecule has 1 N–H and O–H groups in total. The molecule has 29 heavy (non-hydrogen) atoms. The van der Waals surface area contributed by atoms with Gasteiger partial charge in [0.1, 0.15) is 5.75 Å². The summed E-state index contributed by atoms with van der Waals surface area (Å²) in [4.78, 5) is 27.1. The average Bonchev–Trinajstić information content (AvgIpc) is 2.98. The Morgan fingerprint density at radius 1 is 1.03 bits per heavy atom. The van der Waals surface area contributed by atoms with E-state index in [1.165, 1.54) is 25.2 Å². The Bertz CT molecular complexity index is 1020. The molecular formula is C22H21NO6. The molecule has 1 amide bonds. The highest BCUT2D eigenvalue weighted by molar-refractivity contribution is 6.23. The van der Waals surface area contributed by atoms with Crippen LogP contribution >= 0.6 is 0 Å². The number of carbonyl (C=O) groups is 2. The molecule has 7 heteroatoms. The van der Waals surface area contributed by atoms with Gasteiger partial charge in [-0.15, -0.1) is 0 Å². The van der Waals surface area contributed by atoms with Crippen molar-refractivity contribution < 1.29 is 28.9 Å². The lowest BCUT2D eigenvalue weighted by molar-refractivity contribution is -0.136. The van der Waals surface area contributed by atoms with Crippen molar-refractivity contribution in [2.45, 2.75) is 6.92 Å². The van der Waals surface area contributed by atoms with E-state index in [0.29, 0.717) is 22.7 Å². The first-order valence-corrected chi connectivity index (χ1v) is 8.78. The Labute approximate surface area is 168 Å². The lowest BCUT2D eigenvalue weighted by Gasteiger charge is -2.18. The summed E-state index contributed by atoms with van der Waals surface area (Å²) in [6.07, 6.45) is 1.57. The molecule has 0 fully saturated rings. The van der Waals surface area contributed by atoms with Gasteiger partial charge in [0, 0.05) is 11.4 Å². The molecule has 1 aliphatic rings. The van der Waals surface area contributed by atoms with Crippen LogP contribution < -0.4 is 14.4 Å². The van der Waals surface area contributed by atoms with E-state index in [1.807, 2.05) is 0 Å². The fourth-order valence-electron chi connectivity index (χ4n) is 3.17. The Hall–Kier alpha value is -3.74. The Balaban J connectivity index is 2.11. The van der Waals surface area contributed by atoms with Gasteiger partial charge in [-0.05, 0) is 55.0 Å². The van der Waals surface area contributed by atoms with Crippen LogP contribution in [0.1, 0.15) is 12.5 Å². The predicted molar refractivity (Wildman–Crippen MR) is 108 cm³/mol. The number of phenols is 1. The second-order valence-electron chi connectivity index (χ2n) is 6.28. The van der Waals surface area contributed by atoms with Gasteiger partial charge >= 0.3 is 5.97 Å². The zero-order chi connectivity index (χ0) is 21.1. The molecule has 150 valence electrons. The van der Waals surface area contributed by atoms with Gasteiger partial charge in [-0.1, -0.05) is 6.07 Å². The van der Waals surface area contributed by atoms with Crippen LogP contribution in [0.3, 0.4) is 0 Å². The van der Waals surface area contributed by atoms with Gasteiger partial charge < -0.3 is 19.3 Å². The van der Waals surface area contributed by atoms with Crippen LogP contribution in [0.2, 0.25) is 0 Å². The lowest BCUT2D eigenvalue weighted by Crippen LogP contribution is -2.24. The van der Waals surface area contributed by atoms with Crippen LogP contribution in [-0.2, 0) is 14.3 Å². The number of ether oxygens (including phenoxy) is 3. The Morgan fingerprint density at radius 2 is 1.72 bits per heavy atom. The molecule has 1 aliphatic heterocycles. The predicted octanol–water partition coefficient (Wildman–Crippen LogP) is 3.29. The van der Waals surface area contributed by atoms with Gasteiger partial charge in [0.2, 0.25) is 0 Å². The van der Waals surface area contributed by atoms with Crippen molar-refractivity contribution >= 4 is 23.6 Å². The average molecular weight is 395 g/mol. The molecule has 0 unspecified atom stereocenters. The van der Waals surface area contributed by atoms with Crippen LogP contribution in [0.25, 0.3) is 6.08 Å². The van der Waals surface area contributed by atoms with Crippen LogP contribution in [0.15, 0.2) is 59.3 Å². The number of aromatic hydroxyl groups is 1. The zero-order valence-corrected chi connectivity index (χ0v) is 16.6. The normalized spacial score (nSPS) is 15.1. The zero-order valence-electron chi connectivity index (χ0n) is 16.6. The number of rotatable bonds is 5. The number of phenolic OH excluding ortho intramolecular Hbond substituents is 1. The smallest absolute Gasteiger partial charge is 0.340 e. The van der Waals surface area contributed by atoms with E-state index >= 15 is 0 Å². The van der Waals surface area contributed by atoms with Crippen LogP contribution in [0, 0.1) is 0 Å². The van der Waals surface area contributed by atoms with Crippen LogP contribution in [0.4, 0.5) is 5.69 Å². The van der Waals surface area contributed by atoms with Crippen molar-refractivity contribution in [1.29, 1.82) is 0 Å². The van der Waals surface area contributed by atoms with E-state index in [0.717, 1.165) is 0 Å². The molecule has 0 bridgehead atoms. The van der Waals surface area contributed by atoms with E-state index in [4.69, 9.17) is 14.2 Å². The fourth-order valence-corrected chi connectivity index (χ4v) is 3.17. The number of hydrogen-bond acceptors (Lipinski definition) is 6. The van der Waals surface area contributed by atoms with Gasteiger partial charge in [0.05, 0.1) is 32.5 Å². The molecule has 1 heterocycles. The number of nitrogens with zero attached hydrogens (tertiary/aromatic N) is 1. The maximum absolute atomic E-state index is 13.2. The second-order valence-corrected chi connectivity index (χ2v) is 6.28. The van der Waals surface area contributed by atoms with Crippen molar-refractivity contribution in [3.63, 3.8) is 0 Å². The molecule has 2 aromatic rings. The van der Waals surface area contributed by atoms with Gasteiger partial charge in [0.25, 0.3) is 5.91 Å². The lowest BCUT2D eigenvalue weighted by atomic mass is 10.0. The number of anilines is 1. The summed E-state index contributed by atoms with van der Waals surface area (Å²) >= 11 is 0. The Morgan fingerprint density at radius 3 is 2.31 bits per heavy atom. The molecule has 0 aliphatic carbocycles. The maximum atomic E-state index is 13.2. The minimum Gasteiger partial charge on any atom is -0.504 e. The van der Waals surface area contributed by atoms with Crippen LogP contribution in [0.5, 0.6) is 17.2 Å². The molecule has 0 radical (unpaired) electrons.